The lowest BCUT2D eigenvalue weighted by Gasteiger charge is -2.08. The molecule has 110 valence electrons. The van der Waals surface area contributed by atoms with Gasteiger partial charge in [-0.05, 0) is 30.2 Å². The lowest BCUT2D eigenvalue weighted by molar-refractivity contribution is 0.239. The zero-order chi connectivity index (χ0) is 14.8. The van der Waals surface area contributed by atoms with E-state index in [0.29, 0.717) is 19.1 Å². The molecular weight excluding hydrogens is 256 g/mol. The van der Waals surface area contributed by atoms with E-state index in [9.17, 15) is 4.79 Å². The highest BCUT2D eigenvalue weighted by molar-refractivity contribution is 5.74. The monoisotopic (exact) mass is 278 g/mol. The maximum Gasteiger partial charge on any atom is 0.318 e. The Kier molecular flexibility index (Phi) is 7.03. The van der Waals surface area contributed by atoms with Gasteiger partial charge in [0.2, 0.25) is 0 Å². The summed E-state index contributed by atoms with van der Waals surface area (Å²) in [5.41, 5.74) is 0. The van der Waals surface area contributed by atoms with Crippen molar-refractivity contribution >= 4 is 6.03 Å². The van der Waals surface area contributed by atoms with E-state index in [4.69, 9.17) is 9.47 Å². The third-order valence-corrected chi connectivity index (χ3v) is 2.41. The number of allylic oxidation sites excluding steroid dienone is 1. The summed E-state index contributed by atoms with van der Waals surface area (Å²) in [5.74, 6) is 1.94. The summed E-state index contributed by atoms with van der Waals surface area (Å²) in [6.07, 6.45) is 3.55. The Balaban J connectivity index is 2.16. The minimum Gasteiger partial charge on any atom is -0.497 e. The lowest BCUT2D eigenvalue weighted by Crippen LogP contribution is -2.35. The van der Waals surface area contributed by atoms with Gasteiger partial charge >= 0.3 is 6.03 Å². The predicted molar refractivity (Wildman–Crippen MR) is 79.0 cm³/mol. The highest BCUT2D eigenvalue weighted by Crippen LogP contribution is 2.16. The maximum atomic E-state index is 11.4. The minimum absolute atomic E-state index is 0.236. The van der Waals surface area contributed by atoms with Crippen molar-refractivity contribution in [2.24, 2.45) is 5.92 Å². The molecule has 0 saturated heterocycles. The van der Waals surface area contributed by atoms with Gasteiger partial charge in [0.1, 0.15) is 18.1 Å². The first-order valence-corrected chi connectivity index (χ1v) is 6.59. The van der Waals surface area contributed by atoms with Crippen LogP contribution in [-0.2, 0) is 0 Å². The van der Waals surface area contributed by atoms with Gasteiger partial charge in [-0.1, -0.05) is 19.9 Å². The molecule has 1 rings (SSSR count). The number of carbonyl (C=O) groups excluding carboxylic acids is 1. The number of urea groups is 1. The van der Waals surface area contributed by atoms with Gasteiger partial charge in [0.05, 0.1) is 13.7 Å². The van der Waals surface area contributed by atoms with Crippen molar-refractivity contribution in [2.45, 2.75) is 13.8 Å². The summed E-state index contributed by atoms with van der Waals surface area (Å²) < 4.78 is 10.5. The molecule has 0 radical (unpaired) electrons. The van der Waals surface area contributed by atoms with Crippen molar-refractivity contribution in [3.8, 4) is 11.5 Å². The largest absolute Gasteiger partial charge is 0.497 e. The standard InChI is InChI=1S/C15H22N2O3/c1-12(2)8-9-16-15(18)17-10-11-20-14-6-4-13(19-3)5-7-14/h4-9,12H,10-11H2,1-3H3,(H2,16,17,18)/b9-8+. The first kappa shape index (κ1) is 15.9. The van der Waals surface area contributed by atoms with Crippen molar-refractivity contribution in [1.82, 2.24) is 10.6 Å². The summed E-state index contributed by atoms with van der Waals surface area (Å²) >= 11 is 0. The van der Waals surface area contributed by atoms with Crippen LogP contribution in [0.2, 0.25) is 0 Å². The summed E-state index contributed by atoms with van der Waals surface area (Å²) in [4.78, 5) is 11.4. The molecule has 0 aliphatic heterocycles. The number of methoxy groups -OCH3 is 1. The molecule has 2 amide bonds. The van der Waals surface area contributed by atoms with Crippen LogP contribution in [0, 0.1) is 5.92 Å². The lowest BCUT2D eigenvalue weighted by atomic mass is 10.2. The molecule has 0 bridgehead atoms. The molecule has 0 atom stereocenters. The van der Waals surface area contributed by atoms with E-state index in [1.54, 1.807) is 13.3 Å². The SMILES string of the molecule is COc1ccc(OCCNC(=O)N/C=C/C(C)C)cc1. The Bertz CT molecular complexity index is 427. The van der Waals surface area contributed by atoms with Crippen LogP contribution in [0.1, 0.15) is 13.8 Å². The maximum absolute atomic E-state index is 11.4. The molecule has 20 heavy (non-hydrogen) atoms. The molecular formula is C15H22N2O3. The van der Waals surface area contributed by atoms with E-state index in [1.165, 1.54) is 0 Å². The summed E-state index contributed by atoms with van der Waals surface area (Å²) in [7, 11) is 1.62. The second-order valence-corrected chi connectivity index (χ2v) is 4.53. The first-order chi connectivity index (χ1) is 9.61. The Hall–Kier alpha value is -2.17. The minimum atomic E-state index is -0.236. The van der Waals surface area contributed by atoms with Crippen molar-refractivity contribution < 1.29 is 14.3 Å². The van der Waals surface area contributed by atoms with E-state index >= 15 is 0 Å². The molecule has 0 heterocycles. The molecule has 1 aromatic carbocycles. The molecule has 0 aliphatic rings. The number of hydrogen-bond donors (Lipinski definition) is 2. The molecule has 0 fully saturated rings. The first-order valence-electron chi connectivity index (χ1n) is 6.59. The van der Waals surface area contributed by atoms with Crippen LogP contribution in [0.3, 0.4) is 0 Å². The van der Waals surface area contributed by atoms with Gasteiger partial charge in [0, 0.05) is 6.20 Å². The van der Waals surface area contributed by atoms with E-state index in [2.05, 4.69) is 10.6 Å². The number of amides is 2. The number of ether oxygens (including phenoxy) is 2. The molecule has 2 N–H and O–H groups in total. The molecule has 0 aliphatic carbocycles. The topological polar surface area (TPSA) is 59.6 Å². The van der Waals surface area contributed by atoms with Gasteiger partial charge in [-0.3, -0.25) is 0 Å². The number of benzene rings is 1. The average molecular weight is 278 g/mol. The van der Waals surface area contributed by atoms with Gasteiger partial charge in [0.25, 0.3) is 0 Å². The normalized spacial score (nSPS) is 10.6. The molecule has 0 aromatic heterocycles. The van der Waals surface area contributed by atoms with Gasteiger partial charge in [0.15, 0.2) is 0 Å². The highest BCUT2D eigenvalue weighted by atomic mass is 16.5. The Labute approximate surface area is 120 Å². The third kappa shape index (κ3) is 6.68. The zero-order valence-electron chi connectivity index (χ0n) is 12.2. The second-order valence-electron chi connectivity index (χ2n) is 4.53. The van der Waals surface area contributed by atoms with E-state index in [-0.39, 0.29) is 6.03 Å². The van der Waals surface area contributed by atoms with Gasteiger partial charge in [-0.15, -0.1) is 0 Å². The quantitative estimate of drug-likeness (QED) is 0.754. The fourth-order valence-electron chi connectivity index (χ4n) is 1.37. The Morgan fingerprint density at radius 2 is 1.90 bits per heavy atom. The zero-order valence-corrected chi connectivity index (χ0v) is 12.2. The van der Waals surface area contributed by atoms with Crippen LogP contribution in [0.5, 0.6) is 11.5 Å². The molecule has 0 unspecified atom stereocenters. The molecule has 1 aromatic rings. The smallest absolute Gasteiger partial charge is 0.318 e. The fraction of sp³-hybridized carbons (Fsp3) is 0.400. The summed E-state index contributed by atoms with van der Waals surface area (Å²) in [6, 6.07) is 7.06. The third-order valence-electron chi connectivity index (χ3n) is 2.41. The Morgan fingerprint density at radius 1 is 1.25 bits per heavy atom. The van der Waals surface area contributed by atoms with Crippen molar-refractivity contribution in [1.29, 1.82) is 0 Å². The van der Waals surface area contributed by atoms with Gasteiger partial charge in [-0.25, -0.2) is 4.79 Å². The Morgan fingerprint density at radius 3 is 2.50 bits per heavy atom. The van der Waals surface area contributed by atoms with Crippen LogP contribution < -0.4 is 20.1 Å². The second kappa shape index (κ2) is 8.85. The number of carbonyl (C=O) groups is 1. The number of rotatable bonds is 7. The van der Waals surface area contributed by atoms with Crippen LogP contribution in [0.15, 0.2) is 36.5 Å². The number of nitrogens with one attached hydrogen (secondary N) is 2. The highest BCUT2D eigenvalue weighted by Gasteiger charge is 1.98. The van der Waals surface area contributed by atoms with Crippen LogP contribution in [0.25, 0.3) is 0 Å². The van der Waals surface area contributed by atoms with Crippen molar-refractivity contribution in [3.63, 3.8) is 0 Å². The van der Waals surface area contributed by atoms with Crippen LogP contribution in [0.4, 0.5) is 4.79 Å². The molecule has 5 heteroatoms. The van der Waals surface area contributed by atoms with Gasteiger partial charge < -0.3 is 20.1 Å². The predicted octanol–water partition coefficient (Wildman–Crippen LogP) is 2.54. The van der Waals surface area contributed by atoms with Crippen LogP contribution >= 0.6 is 0 Å². The summed E-state index contributed by atoms with van der Waals surface area (Å²) in [6.45, 7) is 4.93. The number of hydrogen-bond acceptors (Lipinski definition) is 3. The average Bonchev–Trinajstić information content (AvgIpc) is 2.44. The van der Waals surface area contributed by atoms with E-state index in [1.807, 2.05) is 44.2 Å². The van der Waals surface area contributed by atoms with E-state index < -0.39 is 0 Å². The fourth-order valence-corrected chi connectivity index (χ4v) is 1.37. The molecule has 5 nitrogen and oxygen atoms in total. The van der Waals surface area contributed by atoms with Crippen molar-refractivity contribution in [3.05, 3.63) is 36.5 Å². The summed E-state index contributed by atoms with van der Waals surface area (Å²) in [5, 5.41) is 5.32. The van der Waals surface area contributed by atoms with E-state index in [0.717, 1.165) is 11.5 Å². The molecule has 0 spiro atoms. The van der Waals surface area contributed by atoms with Crippen LogP contribution in [-0.4, -0.2) is 26.3 Å². The van der Waals surface area contributed by atoms with Gasteiger partial charge in [-0.2, -0.15) is 0 Å². The van der Waals surface area contributed by atoms with Crippen molar-refractivity contribution in [2.75, 3.05) is 20.3 Å². The molecule has 0 saturated carbocycles.